The van der Waals surface area contributed by atoms with Crippen molar-refractivity contribution in [2.45, 2.75) is 26.3 Å². The van der Waals surface area contributed by atoms with Gasteiger partial charge in [-0.1, -0.05) is 6.92 Å². The van der Waals surface area contributed by atoms with Gasteiger partial charge in [-0.2, -0.15) is 0 Å². The maximum Gasteiger partial charge on any atom is 0.242 e. The molecule has 18 heavy (non-hydrogen) atoms. The number of rotatable bonds is 3. The van der Waals surface area contributed by atoms with E-state index in [9.17, 15) is 4.79 Å². The molecule has 0 radical (unpaired) electrons. The van der Waals surface area contributed by atoms with Crippen LogP contribution < -0.4 is 21.5 Å². The highest BCUT2D eigenvalue weighted by atomic mass is 16.2. The standard InChI is InChI=1S/C11H18N6O/c1-3-8-11(18)13-4-5-17(8)10-7(2)9(16-12)14-6-15-10/h6,8H,3-5,12H2,1-2H3,(H,13,18)(H,14,15,16). The van der Waals surface area contributed by atoms with Crippen LogP contribution in [0.15, 0.2) is 6.33 Å². The Morgan fingerprint density at radius 2 is 2.39 bits per heavy atom. The molecular formula is C11H18N6O. The van der Waals surface area contributed by atoms with Crippen molar-refractivity contribution in [2.24, 2.45) is 5.84 Å². The van der Waals surface area contributed by atoms with Gasteiger partial charge in [0.1, 0.15) is 24.0 Å². The second-order valence-electron chi connectivity index (χ2n) is 4.22. The summed E-state index contributed by atoms with van der Waals surface area (Å²) in [5.74, 6) is 6.80. The van der Waals surface area contributed by atoms with Crippen LogP contribution in [-0.4, -0.2) is 35.0 Å². The number of nitrogens with two attached hydrogens (primary N) is 1. The van der Waals surface area contributed by atoms with Gasteiger partial charge >= 0.3 is 0 Å². The summed E-state index contributed by atoms with van der Waals surface area (Å²) in [5, 5.41) is 2.87. The van der Waals surface area contributed by atoms with Crippen molar-refractivity contribution in [3.05, 3.63) is 11.9 Å². The number of aromatic nitrogens is 2. The molecular weight excluding hydrogens is 232 g/mol. The van der Waals surface area contributed by atoms with Gasteiger partial charge in [0, 0.05) is 18.7 Å². The molecule has 98 valence electrons. The Bertz CT molecular complexity index is 449. The van der Waals surface area contributed by atoms with E-state index < -0.39 is 0 Å². The maximum absolute atomic E-state index is 11.8. The Kier molecular flexibility index (Phi) is 3.61. The average Bonchev–Trinajstić information content (AvgIpc) is 2.39. The number of nitrogens with zero attached hydrogens (tertiary/aromatic N) is 3. The van der Waals surface area contributed by atoms with E-state index in [-0.39, 0.29) is 11.9 Å². The van der Waals surface area contributed by atoms with Gasteiger partial charge in [0.15, 0.2) is 0 Å². The number of nitrogen functional groups attached to an aromatic ring is 1. The Labute approximate surface area is 106 Å². The van der Waals surface area contributed by atoms with Gasteiger partial charge in [-0.3, -0.25) is 4.79 Å². The third kappa shape index (κ3) is 2.08. The minimum Gasteiger partial charge on any atom is -0.353 e. The molecule has 2 rings (SSSR count). The lowest BCUT2D eigenvalue weighted by atomic mass is 10.1. The van der Waals surface area contributed by atoms with Gasteiger partial charge in [-0.25, -0.2) is 15.8 Å². The number of hydrogen-bond acceptors (Lipinski definition) is 6. The zero-order chi connectivity index (χ0) is 13.1. The minimum atomic E-state index is -0.182. The number of amides is 1. The molecule has 0 bridgehead atoms. The van der Waals surface area contributed by atoms with Crippen LogP contribution in [0.5, 0.6) is 0 Å². The summed E-state index contributed by atoms with van der Waals surface area (Å²) in [6.07, 6.45) is 2.19. The highest BCUT2D eigenvalue weighted by molar-refractivity contribution is 5.86. The van der Waals surface area contributed by atoms with Crippen LogP contribution in [0.1, 0.15) is 18.9 Å². The van der Waals surface area contributed by atoms with Crippen molar-refractivity contribution >= 4 is 17.5 Å². The smallest absolute Gasteiger partial charge is 0.242 e. The third-order valence-corrected chi connectivity index (χ3v) is 3.18. The van der Waals surface area contributed by atoms with E-state index >= 15 is 0 Å². The number of piperazine rings is 1. The molecule has 1 saturated heterocycles. The summed E-state index contributed by atoms with van der Waals surface area (Å²) >= 11 is 0. The third-order valence-electron chi connectivity index (χ3n) is 3.18. The Morgan fingerprint density at radius 1 is 1.61 bits per heavy atom. The van der Waals surface area contributed by atoms with Crippen LogP contribution in [0.3, 0.4) is 0 Å². The SMILES string of the molecule is CCC1C(=O)NCCN1c1ncnc(NN)c1C. The van der Waals surface area contributed by atoms with Gasteiger partial charge in [0.2, 0.25) is 5.91 Å². The van der Waals surface area contributed by atoms with Crippen LogP contribution in [0, 0.1) is 6.92 Å². The molecule has 1 aromatic heterocycles. The number of carbonyl (C=O) groups excluding carboxylic acids is 1. The number of hydrazine groups is 1. The molecule has 1 fully saturated rings. The van der Waals surface area contributed by atoms with Crippen molar-refractivity contribution in [1.82, 2.24) is 15.3 Å². The molecule has 0 saturated carbocycles. The molecule has 0 spiro atoms. The fraction of sp³-hybridized carbons (Fsp3) is 0.545. The normalized spacial score (nSPS) is 19.6. The Morgan fingerprint density at radius 3 is 3.06 bits per heavy atom. The molecule has 7 heteroatoms. The summed E-state index contributed by atoms with van der Waals surface area (Å²) in [7, 11) is 0. The lowest BCUT2D eigenvalue weighted by Crippen LogP contribution is -2.55. The van der Waals surface area contributed by atoms with Crippen LogP contribution in [-0.2, 0) is 4.79 Å². The first kappa shape index (κ1) is 12.6. The molecule has 0 aliphatic carbocycles. The van der Waals surface area contributed by atoms with Crippen molar-refractivity contribution in [3.8, 4) is 0 Å². The van der Waals surface area contributed by atoms with Gasteiger partial charge in [0.25, 0.3) is 0 Å². The quantitative estimate of drug-likeness (QED) is 0.507. The topological polar surface area (TPSA) is 96.2 Å². The fourth-order valence-corrected chi connectivity index (χ4v) is 2.25. The lowest BCUT2D eigenvalue weighted by molar-refractivity contribution is -0.123. The lowest BCUT2D eigenvalue weighted by Gasteiger charge is -2.36. The minimum absolute atomic E-state index is 0.0454. The van der Waals surface area contributed by atoms with E-state index in [1.165, 1.54) is 6.33 Å². The van der Waals surface area contributed by atoms with Crippen molar-refractivity contribution in [2.75, 3.05) is 23.4 Å². The molecule has 1 amide bonds. The molecule has 1 atom stereocenters. The van der Waals surface area contributed by atoms with Crippen molar-refractivity contribution in [3.63, 3.8) is 0 Å². The molecule has 1 aromatic rings. The predicted molar refractivity (Wildman–Crippen MR) is 69.0 cm³/mol. The second kappa shape index (κ2) is 5.18. The van der Waals surface area contributed by atoms with Gasteiger partial charge in [-0.05, 0) is 13.3 Å². The van der Waals surface area contributed by atoms with Gasteiger partial charge in [-0.15, -0.1) is 0 Å². The van der Waals surface area contributed by atoms with E-state index in [2.05, 4.69) is 20.7 Å². The van der Waals surface area contributed by atoms with Crippen LogP contribution >= 0.6 is 0 Å². The molecule has 1 aliphatic heterocycles. The van der Waals surface area contributed by atoms with E-state index in [4.69, 9.17) is 5.84 Å². The first-order chi connectivity index (χ1) is 8.69. The summed E-state index contributed by atoms with van der Waals surface area (Å²) in [6.45, 7) is 5.25. The molecule has 1 unspecified atom stereocenters. The number of nitrogens with one attached hydrogen (secondary N) is 2. The van der Waals surface area contributed by atoms with E-state index in [1.807, 2.05) is 18.7 Å². The predicted octanol–water partition coefficient (Wildman–Crippen LogP) is -0.215. The Hall–Kier alpha value is -1.89. The maximum atomic E-state index is 11.8. The zero-order valence-corrected chi connectivity index (χ0v) is 10.6. The zero-order valence-electron chi connectivity index (χ0n) is 10.6. The largest absolute Gasteiger partial charge is 0.353 e. The number of anilines is 2. The molecule has 2 heterocycles. The van der Waals surface area contributed by atoms with Crippen LogP contribution in [0.2, 0.25) is 0 Å². The number of hydrogen-bond donors (Lipinski definition) is 3. The van der Waals surface area contributed by atoms with Crippen LogP contribution in [0.4, 0.5) is 11.6 Å². The average molecular weight is 250 g/mol. The monoisotopic (exact) mass is 250 g/mol. The van der Waals surface area contributed by atoms with Crippen molar-refractivity contribution in [1.29, 1.82) is 0 Å². The summed E-state index contributed by atoms with van der Waals surface area (Å²) in [5.41, 5.74) is 3.40. The summed E-state index contributed by atoms with van der Waals surface area (Å²) < 4.78 is 0. The van der Waals surface area contributed by atoms with Crippen LogP contribution in [0.25, 0.3) is 0 Å². The number of carbonyl (C=O) groups is 1. The highest BCUT2D eigenvalue weighted by Gasteiger charge is 2.30. The van der Waals surface area contributed by atoms with E-state index in [0.717, 1.165) is 24.3 Å². The van der Waals surface area contributed by atoms with E-state index in [0.29, 0.717) is 12.4 Å². The van der Waals surface area contributed by atoms with Gasteiger partial charge < -0.3 is 15.6 Å². The molecule has 7 nitrogen and oxygen atoms in total. The van der Waals surface area contributed by atoms with Gasteiger partial charge in [0.05, 0.1) is 0 Å². The fourth-order valence-electron chi connectivity index (χ4n) is 2.25. The first-order valence-corrected chi connectivity index (χ1v) is 6.01. The second-order valence-corrected chi connectivity index (χ2v) is 4.22. The molecule has 4 N–H and O–H groups in total. The van der Waals surface area contributed by atoms with E-state index in [1.54, 1.807) is 0 Å². The Balaban J connectivity index is 2.37. The summed E-state index contributed by atoms with van der Waals surface area (Å²) in [6, 6.07) is -0.182. The highest BCUT2D eigenvalue weighted by Crippen LogP contribution is 2.25. The van der Waals surface area contributed by atoms with Crippen molar-refractivity contribution < 1.29 is 4.79 Å². The molecule has 1 aliphatic rings. The molecule has 0 aromatic carbocycles. The summed E-state index contributed by atoms with van der Waals surface area (Å²) in [4.78, 5) is 22.2. The first-order valence-electron chi connectivity index (χ1n) is 6.01.